The quantitative estimate of drug-likeness (QED) is 0.0962. The third kappa shape index (κ3) is 4.46. The van der Waals surface area contributed by atoms with Gasteiger partial charge < -0.3 is 59.8 Å². The first-order valence-corrected chi connectivity index (χ1v) is 11.9. The number of ether oxygens (including phenoxy) is 2. The van der Waals surface area contributed by atoms with E-state index in [4.69, 9.17) is 13.9 Å². The molecule has 3 aromatic carbocycles. The van der Waals surface area contributed by atoms with Gasteiger partial charge in [-0.1, -0.05) is 6.07 Å². The van der Waals surface area contributed by atoms with Crippen LogP contribution in [0, 0.1) is 0 Å². The standard InChI is InChI=1S/C27H24O13/c28-9-19-23(35)25(37)27(38-4-3-10-1-2-12(29)13(30)5-10)26(40-19)20-16(33)8-18-21(24(20)36)22(34)11-6-14(31)15(32)7-17(11)39-18/h1-8,19,23,25-33,35-37H,9H2/b4-3+/t19-,23-,25+,26+,27-/m1/s1. The largest absolute Gasteiger partial charge is 0.507 e. The van der Waals surface area contributed by atoms with E-state index in [0.717, 1.165) is 24.5 Å². The molecule has 0 unspecified atom stereocenters. The van der Waals surface area contributed by atoms with Crippen LogP contribution in [0.4, 0.5) is 0 Å². The van der Waals surface area contributed by atoms with E-state index >= 15 is 0 Å². The van der Waals surface area contributed by atoms with Gasteiger partial charge in [-0.25, -0.2) is 0 Å². The monoisotopic (exact) mass is 556 g/mol. The van der Waals surface area contributed by atoms with Gasteiger partial charge in [-0.15, -0.1) is 0 Å². The van der Waals surface area contributed by atoms with E-state index in [1.807, 2.05) is 0 Å². The zero-order chi connectivity index (χ0) is 28.9. The number of aromatic hydroxyl groups is 6. The molecular formula is C27H24O13. The summed E-state index contributed by atoms with van der Waals surface area (Å²) < 4.78 is 16.9. The molecule has 0 amide bonds. The maximum atomic E-state index is 13.3. The molecule has 0 aliphatic carbocycles. The molecule has 1 aliphatic rings. The second-order valence-electron chi connectivity index (χ2n) is 9.21. The second-order valence-corrected chi connectivity index (χ2v) is 9.21. The second kappa shape index (κ2) is 10.1. The molecule has 40 heavy (non-hydrogen) atoms. The van der Waals surface area contributed by atoms with E-state index in [9.17, 15) is 50.8 Å². The molecular weight excluding hydrogens is 532 g/mol. The van der Waals surface area contributed by atoms with Crippen LogP contribution in [0.25, 0.3) is 28.0 Å². The van der Waals surface area contributed by atoms with Crippen molar-refractivity contribution in [2.75, 3.05) is 6.61 Å². The molecule has 13 nitrogen and oxygen atoms in total. The topological polar surface area (TPSA) is 231 Å². The number of fused-ring (bicyclic) bond motifs is 2. The van der Waals surface area contributed by atoms with Gasteiger partial charge in [0.2, 0.25) is 5.43 Å². The van der Waals surface area contributed by atoms with Crippen molar-refractivity contribution in [1.29, 1.82) is 0 Å². The number of rotatable bonds is 5. The Balaban J connectivity index is 1.62. The van der Waals surface area contributed by atoms with E-state index in [1.165, 1.54) is 24.3 Å². The Morgan fingerprint density at radius 1 is 0.825 bits per heavy atom. The molecule has 13 heteroatoms. The zero-order valence-corrected chi connectivity index (χ0v) is 20.4. The summed E-state index contributed by atoms with van der Waals surface area (Å²) in [5.74, 6) is -3.39. The lowest BCUT2D eigenvalue weighted by molar-refractivity contribution is -0.233. The fraction of sp³-hybridized carbons (Fsp3) is 0.222. The Hall–Kier alpha value is -4.69. The summed E-state index contributed by atoms with van der Waals surface area (Å²) in [6.45, 7) is -0.755. The molecule has 1 fully saturated rings. The van der Waals surface area contributed by atoms with Crippen molar-refractivity contribution in [3.63, 3.8) is 0 Å². The minimum Gasteiger partial charge on any atom is -0.507 e. The smallest absolute Gasteiger partial charge is 0.204 e. The van der Waals surface area contributed by atoms with Crippen LogP contribution >= 0.6 is 0 Å². The number of aliphatic hydroxyl groups excluding tert-OH is 3. The fourth-order valence-corrected chi connectivity index (χ4v) is 4.63. The predicted molar refractivity (Wildman–Crippen MR) is 137 cm³/mol. The lowest BCUT2D eigenvalue weighted by Gasteiger charge is -2.42. The van der Waals surface area contributed by atoms with Gasteiger partial charge in [0.15, 0.2) is 29.1 Å². The highest BCUT2D eigenvalue weighted by Gasteiger charge is 2.48. The first-order chi connectivity index (χ1) is 19.0. The molecule has 0 bridgehead atoms. The first kappa shape index (κ1) is 26.9. The summed E-state index contributed by atoms with van der Waals surface area (Å²) in [4.78, 5) is 13.3. The molecule has 5 atom stereocenters. The Bertz CT molecular complexity index is 1690. The summed E-state index contributed by atoms with van der Waals surface area (Å²) in [5, 5.41) is 91.2. The minimum atomic E-state index is -1.73. The van der Waals surface area contributed by atoms with Gasteiger partial charge >= 0.3 is 0 Å². The zero-order valence-electron chi connectivity index (χ0n) is 20.4. The number of aliphatic hydroxyl groups is 3. The van der Waals surface area contributed by atoms with E-state index in [2.05, 4.69) is 0 Å². The van der Waals surface area contributed by atoms with Gasteiger partial charge in [-0.3, -0.25) is 4.79 Å². The van der Waals surface area contributed by atoms with Gasteiger partial charge in [0.1, 0.15) is 52.5 Å². The lowest BCUT2D eigenvalue weighted by Crippen LogP contribution is -2.55. The van der Waals surface area contributed by atoms with Crippen LogP contribution in [0.5, 0.6) is 34.5 Å². The summed E-state index contributed by atoms with van der Waals surface area (Å²) in [6.07, 6.45) is -5.39. The highest BCUT2D eigenvalue weighted by Crippen LogP contribution is 2.46. The van der Waals surface area contributed by atoms with Crippen LogP contribution in [0.3, 0.4) is 0 Å². The normalized spacial score (nSPS) is 23.2. The highest BCUT2D eigenvalue weighted by molar-refractivity contribution is 5.96. The number of hydrogen-bond acceptors (Lipinski definition) is 13. The maximum absolute atomic E-state index is 13.3. The average Bonchev–Trinajstić information content (AvgIpc) is 2.90. The molecule has 0 saturated carbocycles. The molecule has 0 radical (unpaired) electrons. The van der Waals surface area contributed by atoms with Crippen molar-refractivity contribution in [3.8, 4) is 34.5 Å². The molecule has 1 aromatic heterocycles. The van der Waals surface area contributed by atoms with Crippen LogP contribution in [-0.4, -0.2) is 77.0 Å². The number of phenolic OH excluding ortho intramolecular Hbond substituents is 6. The summed E-state index contributed by atoms with van der Waals surface area (Å²) >= 11 is 0. The summed E-state index contributed by atoms with van der Waals surface area (Å²) in [7, 11) is 0. The Morgan fingerprint density at radius 2 is 1.50 bits per heavy atom. The summed E-state index contributed by atoms with van der Waals surface area (Å²) in [6, 6.07) is 6.83. The maximum Gasteiger partial charge on any atom is 0.204 e. The third-order valence-electron chi connectivity index (χ3n) is 6.70. The van der Waals surface area contributed by atoms with Gasteiger partial charge in [0, 0.05) is 12.1 Å². The Morgan fingerprint density at radius 3 is 2.20 bits per heavy atom. The van der Waals surface area contributed by atoms with E-state index in [-0.39, 0.29) is 22.3 Å². The van der Waals surface area contributed by atoms with E-state index in [0.29, 0.717) is 5.56 Å². The van der Waals surface area contributed by atoms with Crippen molar-refractivity contribution in [2.45, 2.75) is 30.5 Å². The van der Waals surface area contributed by atoms with Crippen molar-refractivity contribution in [1.82, 2.24) is 0 Å². The number of phenols is 6. The lowest BCUT2D eigenvalue weighted by atomic mass is 9.89. The molecule has 1 aliphatic heterocycles. The van der Waals surface area contributed by atoms with Gasteiger partial charge in [-0.2, -0.15) is 0 Å². The molecule has 9 N–H and O–H groups in total. The van der Waals surface area contributed by atoms with Crippen LogP contribution < -0.4 is 5.43 Å². The van der Waals surface area contributed by atoms with Gasteiger partial charge in [-0.05, 0) is 29.8 Å². The van der Waals surface area contributed by atoms with E-state index < -0.39 is 82.3 Å². The molecule has 2 heterocycles. The number of hydrogen-bond donors (Lipinski definition) is 9. The third-order valence-corrected chi connectivity index (χ3v) is 6.70. The number of benzene rings is 3. The molecule has 210 valence electrons. The van der Waals surface area contributed by atoms with E-state index in [1.54, 1.807) is 0 Å². The van der Waals surface area contributed by atoms with Gasteiger partial charge in [0.05, 0.1) is 23.8 Å². The van der Waals surface area contributed by atoms with Crippen LogP contribution in [-0.2, 0) is 9.47 Å². The Kier molecular flexibility index (Phi) is 6.81. The summed E-state index contributed by atoms with van der Waals surface area (Å²) in [5.41, 5.74) is -1.29. The van der Waals surface area contributed by atoms with Crippen molar-refractivity contribution in [3.05, 3.63) is 64.0 Å². The van der Waals surface area contributed by atoms with Crippen molar-refractivity contribution in [2.24, 2.45) is 0 Å². The van der Waals surface area contributed by atoms with Gasteiger partial charge in [0.25, 0.3) is 0 Å². The predicted octanol–water partition coefficient (Wildman–Crippen LogP) is 1.39. The van der Waals surface area contributed by atoms with Crippen molar-refractivity contribution >= 4 is 28.0 Å². The SMILES string of the molecule is O=c1c2cc(O)c(O)cc2oc2cc(O)c([C@@H]3O[C@H](CO)[C@@H](O)[C@H](O)[C@H]3O/C=C/c3ccc(O)c(O)c3)c(O)c12. The van der Waals surface area contributed by atoms with Crippen LogP contribution in [0.1, 0.15) is 17.2 Å². The first-order valence-electron chi connectivity index (χ1n) is 11.9. The van der Waals surface area contributed by atoms with Crippen molar-refractivity contribution < 1.29 is 59.8 Å². The minimum absolute atomic E-state index is 0.140. The van der Waals surface area contributed by atoms with Crippen LogP contribution in [0.15, 0.2) is 51.9 Å². The fourth-order valence-electron chi connectivity index (χ4n) is 4.63. The molecule has 1 saturated heterocycles. The molecule has 5 rings (SSSR count). The highest BCUT2D eigenvalue weighted by atomic mass is 16.6. The molecule has 4 aromatic rings. The molecule has 0 spiro atoms. The average molecular weight is 556 g/mol. The van der Waals surface area contributed by atoms with Crippen LogP contribution in [0.2, 0.25) is 0 Å². The Labute approximate surface area is 223 Å².